The Morgan fingerprint density at radius 3 is 2.31 bits per heavy atom. The summed E-state index contributed by atoms with van der Waals surface area (Å²) in [4.78, 5) is 26.4. The molecule has 1 aliphatic rings. The first kappa shape index (κ1) is 18.0. The van der Waals surface area contributed by atoms with E-state index >= 15 is 0 Å². The van der Waals surface area contributed by atoms with Crippen LogP contribution in [0.1, 0.15) is 30.1 Å². The number of nitrogens with zero attached hydrogens (tertiary/aromatic N) is 4. The normalized spacial score (nSPS) is 16.3. The molecule has 1 fully saturated rings. The van der Waals surface area contributed by atoms with Gasteiger partial charge < -0.3 is 10.0 Å². The van der Waals surface area contributed by atoms with E-state index in [-0.39, 0.29) is 11.5 Å². The van der Waals surface area contributed by atoms with Gasteiger partial charge in [-0.3, -0.25) is 13.9 Å². The van der Waals surface area contributed by atoms with Crippen LogP contribution in [0, 0.1) is 17.2 Å². The highest BCUT2D eigenvalue weighted by Gasteiger charge is 2.29. The van der Waals surface area contributed by atoms with Gasteiger partial charge in [0.25, 0.3) is 5.56 Å². The Bertz CT molecular complexity index is 948. The summed E-state index contributed by atoms with van der Waals surface area (Å²) in [5, 5.41) is 20.0. The average molecular weight is 354 g/mol. The van der Waals surface area contributed by atoms with Gasteiger partial charge in [0.1, 0.15) is 11.9 Å². The Morgan fingerprint density at radius 1 is 1.12 bits per heavy atom. The third-order valence-electron chi connectivity index (χ3n) is 5.17. The summed E-state index contributed by atoms with van der Waals surface area (Å²) < 4.78 is 2.31. The molecule has 1 aromatic heterocycles. The molecule has 0 aliphatic carbocycles. The Labute approximate surface area is 151 Å². The smallest absolute Gasteiger partial charge is 0.332 e. The van der Waals surface area contributed by atoms with Crippen molar-refractivity contribution >= 4 is 5.82 Å². The maximum atomic E-state index is 12.3. The lowest BCUT2D eigenvalue weighted by Gasteiger charge is -2.36. The number of benzene rings is 1. The van der Waals surface area contributed by atoms with Crippen molar-refractivity contribution in [2.24, 2.45) is 20.0 Å². The summed E-state index contributed by atoms with van der Waals surface area (Å²) in [5.41, 5.74) is -0.145. The van der Waals surface area contributed by atoms with Crippen LogP contribution in [0.5, 0.6) is 0 Å². The standard InChI is InChI=1S/C19H22N4O3/c1-21-17(15(12-20)18(25)22(2)19(21)26)23-10-8-14(9-11-23)16(24)13-6-4-3-5-7-13/h3-7,14,16,24H,8-11H2,1-2H3. The van der Waals surface area contributed by atoms with Crippen molar-refractivity contribution < 1.29 is 5.11 Å². The van der Waals surface area contributed by atoms with Crippen LogP contribution in [0.4, 0.5) is 5.82 Å². The fraction of sp³-hybridized carbons (Fsp3) is 0.421. The van der Waals surface area contributed by atoms with E-state index < -0.39 is 17.4 Å². The minimum absolute atomic E-state index is 0.0170. The summed E-state index contributed by atoms with van der Waals surface area (Å²) in [6, 6.07) is 11.5. The number of aromatic nitrogens is 2. The van der Waals surface area contributed by atoms with E-state index in [1.807, 2.05) is 41.3 Å². The van der Waals surface area contributed by atoms with Crippen LogP contribution >= 0.6 is 0 Å². The zero-order valence-corrected chi connectivity index (χ0v) is 14.9. The highest BCUT2D eigenvalue weighted by Crippen LogP contribution is 2.32. The molecular formula is C19H22N4O3. The third kappa shape index (κ3) is 3.04. The first-order valence-corrected chi connectivity index (χ1v) is 8.63. The number of rotatable bonds is 3. The zero-order valence-electron chi connectivity index (χ0n) is 14.9. The van der Waals surface area contributed by atoms with Crippen molar-refractivity contribution in [3.63, 3.8) is 0 Å². The molecule has 2 heterocycles. The van der Waals surface area contributed by atoms with E-state index in [4.69, 9.17) is 0 Å². The number of anilines is 1. The van der Waals surface area contributed by atoms with Gasteiger partial charge in [0.05, 0.1) is 6.10 Å². The molecule has 7 nitrogen and oxygen atoms in total. The molecule has 0 amide bonds. The molecule has 1 atom stereocenters. The molecule has 7 heteroatoms. The van der Waals surface area contributed by atoms with Crippen LogP contribution in [0.15, 0.2) is 39.9 Å². The van der Waals surface area contributed by atoms with Gasteiger partial charge in [0.15, 0.2) is 5.56 Å². The molecule has 0 bridgehead atoms. The van der Waals surface area contributed by atoms with Gasteiger partial charge in [-0.2, -0.15) is 5.26 Å². The van der Waals surface area contributed by atoms with Crippen LogP contribution in [-0.4, -0.2) is 27.3 Å². The van der Waals surface area contributed by atoms with Gasteiger partial charge in [-0.25, -0.2) is 4.79 Å². The molecule has 1 aromatic carbocycles. The minimum atomic E-state index is -0.572. The molecule has 1 saturated heterocycles. The van der Waals surface area contributed by atoms with Crippen LogP contribution < -0.4 is 16.1 Å². The first-order valence-electron chi connectivity index (χ1n) is 8.63. The summed E-state index contributed by atoms with van der Waals surface area (Å²) in [6.45, 7) is 1.15. The van der Waals surface area contributed by atoms with E-state index in [9.17, 15) is 20.0 Å². The number of piperidine rings is 1. The van der Waals surface area contributed by atoms with Crippen molar-refractivity contribution in [3.05, 3.63) is 62.3 Å². The monoisotopic (exact) mass is 354 g/mol. The SMILES string of the molecule is Cn1c(N2CCC(C(O)c3ccccc3)CC2)c(C#N)c(=O)n(C)c1=O. The van der Waals surface area contributed by atoms with Crippen molar-refractivity contribution in [2.75, 3.05) is 18.0 Å². The van der Waals surface area contributed by atoms with E-state index in [1.165, 1.54) is 11.6 Å². The lowest BCUT2D eigenvalue weighted by atomic mass is 9.87. The van der Waals surface area contributed by atoms with Gasteiger partial charge >= 0.3 is 5.69 Å². The predicted octanol–water partition coefficient (Wildman–Crippen LogP) is 0.906. The van der Waals surface area contributed by atoms with Crippen molar-refractivity contribution in [3.8, 4) is 6.07 Å². The average Bonchev–Trinajstić information content (AvgIpc) is 2.69. The summed E-state index contributed by atoms with van der Waals surface area (Å²) in [6.07, 6.45) is 0.885. The molecule has 26 heavy (non-hydrogen) atoms. The van der Waals surface area contributed by atoms with Gasteiger partial charge in [0, 0.05) is 27.2 Å². The van der Waals surface area contributed by atoms with Crippen molar-refractivity contribution in [1.29, 1.82) is 5.26 Å². The number of aliphatic hydroxyl groups is 1. The van der Waals surface area contributed by atoms with Crippen LogP contribution in [0.3, 0.4) is 0 Å². The van der Waals surface area contributed by atoms with Crippen LogP contribution in [0.2, 0.25) is 0 Å². The number of aliphatic hydroxyl groups excluding tert-OH is 1. The van der Waals surface area contributed by atoms with E-state index in [2.05, 4.69) is 0 Å². The second-order valence-electron chi connectivity index (χ2n) is 6.70. The molecule has 2 aromatic rings. The lowest BCUT2D eigenvalue weighted by molar-refractivity contribution is 0.0928. The second-order valence-corrected chi connectivity index (χ2v) is 6.70. The number of hydrogen-bond donors (Lipinski definition) is 1. The van der Waals surface area contributed by atoms with Crippen LogP contribution in [0.25, 0.3) is 0 Å². The number of hydrogen-bond acceptors (Lipinski definition) is 5. The zero-order chi connectivity index (χ0) is 18.8. The summed E-state index contributed by atoms with van der Waals surface area (Å²) in [7, 11) is 2.95. The molecule has 0 spiro atoms. The van der Waals surface area contributed by atoms with Crippen molar-refractivity contribution in [1.82, 2.24) is 9.13 Å². The Balaban J connectivity index is 1.84. The molecule has 1 aliphatic heterocycles. The van der Waals surface area contributed by atoms with E-state index in [0.29, 0.717) is 31.7 Å². The largest absolute Gasteiger partial charge is 0.388 e. The third-order valence-corrected chi connectivity index (χ3v) is 5.17. The highest BCUT2D eigenvalue weighted by molar-refractivity contribution is 5.53. The maximum absolute atomic E-state index is 12.3. The van der Waals surface area contributed by atoms with Gasteiger partial charge in [-0.15, -0.1) is 0 Å². The van der Waals surface area contributed by atoms with Gasteiger partial charge in [-0.1, -0.05) is 30.3 Å². The second kappa shape index (κ2) is 7.18. The summed E-state index contributed by atoms with van der Waals surface area (Å²) in [5.74, 6) is 0.469. The van der Waals surface area contributed by atoms with Gasteiger partial charge in [0.2, 0.25) is 0 Å². The number of nitriles is 1. The fourth-order valence-corrected chi connectivity index (χ4v) is 3.65. The van der Waals surface area contributed by atoms with Crippen LogP contribution in [-0.2, 0) is 14.1 Å². The molecule has 136 valence electrons. The molecule has 1 unspecified atom stereocenters. The predicted molar refractivity (Wildman–Crippen MR) is 98.0 cm³/mol. The lowest BCUT2D eigenvalue weighted by Crippen LogP contribution is -2.45. The Hall–Kier alpha value is -2.85. The maximum Gasteiger partial charge on any atom is 0.332 e. The molecule has 0 radical (unpaired) electrons. The Morgan fingerprint density at radius 2 is 1.73 bits per heavy atom. The fourth-order valence-electron chi connectivity index (χ4n) is 3.65. The van der Waals surface area contributed by atoms with Crippen molar-refractivity contribution in [2.45, 2.75) is 18.9 Å². The highest BCUT2D eigenvalue weighted by atomic mass is 16.3. The van der Waals surface area contributed by atoms with Gasteiger partial charge in [-0.05, 0) is 24.3 Å². The Kier molecular flexibility index (Phi) is 4.96. The molecule has 0 saturated carbocycles. The minimum Gasteiger partial charge on any atom is -0.388 e. The first-order chi connectivity index (χ1) is 12.5. The topological polar surface area (TPSA) is 91.3 Å². The quantitative estimate of drug-likeness (QED) is 0.884. The van der Waals surface area contributed by atoms with E-state index in [0.717, 1.165) is 10.1 Å². The van der Waals surface area contributed by atoms with E-state index in [1.54, 1.807) is 7.05 Å². The molecule has 1 N–H and O–H groups in total. The summed E-state index contributed by atoms with van der Waals surface area (Å²) >= 11 is 0. The molecular weight excluding hydrogens is 332 g/mol. The molecule has 3 rings (SSSR count).